The van der Waals surface area contributed by atoms with E-state index in [4.69, 9.17) is 0 Å². The smallest absolute Gasteiger partial charge is 0.182 e. The van der Waals surface area contributed by atoms with Crippen LogP contribution in [0.25, 0.3) is 10.1 Å². The zero-order chi connectivity index (χ0) is 14.3. The normalized spacial score (nSPS) is 21.9. The van der Waals surface area contributed by atoms with E-state index in [0.29, 0.717) is 18.4 Å². The average molecular weight is 373 g/mol. The lowest BCUT2D eigenvalue weighted by Crippen LogP contribution is -2.35. The fraction of sp³-hybridized carbons (Fsp3) is 0.357. The van der Waals surface area contributed by atoms with E-state index in [1.54, 1.807) is 5.38 Å². The predicted octanol–water partition coefficient (Wildman–Crippen LogP) is 3.81. The minimum absolute atomic E-state index is 0.134. The molecular formula is C14H13BrO3S2. The Morgan fingerprint density at radius 2 is 2.10 bits per heavy atom. The van der Waals surface area contributed by atoms with Crippen molar-refractivity contribution in [2.24, 2.45) is 0 Å². The number of benzene rings is 1. The van der Waals surface area contributed by atoms with Crippen molar-refractivity contribution in [3.63, 3.8) is 0 Å². The van der Waals surface area contributed by atoms with E-state index in [0.717, 1.165) is 21.0 Å². The molecule has 1 unspecified atom stereocenters. The number of ketones is 1. The lowest BCUT2D eigenvalue weighted by Gasteiger charge is -2.20. The van der Waals surface area contributed by atoms with Crippen LogP contribution in [-0.4, -0.2) is 25.2 Å². The van der Waals surface area contributed by atoms with Crippen LogP contribution in [-0.2, 0) is 9.84 Å². The summed E-state index contributed by atoms with van der Waals surface area (Å²) >= 11 is 4.93. The van der Waals surface area contributed by atoms with E-state index < -0.39 is 15.1 Å². The van der Waals surface area contributed by atoms with Crippen molar-refractivity contribution in [1.29, 1.82) is 0 Å². The van der Waals surface area contributed by atoms with Crippen LogP contribution in [0.5, 0.6) is 0 Å². The Morgan fingerprint density at radius 1 is 1.30 bits per heavy atom. The standard InChI is InChI=1S/C14H13BrO3S2/c15-11-5-3-4-9-10(8-19-14(9)11)13(16)12-6-1-2-7-20(12,17)18/h3-5,8,12H,1-2,6-7H2. The van der Waals surface area contributed by atoms with Crippen molar-refractivity contribution in [1.82, 2.24) is 0 Å². The molecule has 1 saturated heterocycles. The summed E-state index contributed by atoms with van der Waals surface area (Å²) in [5.41, 5.74) is 0.543. The van der Waals surface area contributed by atoms with E-state index in [-0.39, 0.29) is 11.5 Å². The van der Waals surface area contributed by atoms with Crippen LogP contribution in [0.1, 0.15) is 29.6 Å². The lowest BCUT2D eigenvalue weighted by molar-refractivity contribution is 0.0983. The number of hydrogen-bond donors (Lipinski definition) is 0. The quantitative estimate of drug-likeness (QED) is 0.753. The maximum Gasteiger partial charge on any atom is 0.182 e. The third-order valence-corrected chi connectivity index (χ3v) is 7.82. The Morgan fingerprint density at radius 3 is 2.85 bits per heavy atom. The Labute approximate surface area is 130 Å². The first-order valence-electron chi connectivity index (χ1n) is 6.42. The molecule has 1 aromatic carbocycles. The largest absolute Gasteiger partial charge is 0.293 e. The fourth-order valence-electron chi connectivity index (χ4n) is 2.64. The highest BCUT2D eigenvalue weighted by Crippen LogP contribution is 2.34. The third-order valence-electron chi connectivity index (χ3n) is 3.69. The number of fused-ring (bicyclic) bond motifs is 1. The number of halogens is 1. The molecule has 0 N–H and O–H groups in total. The van der Waals surface area contributed by atoms with Gasteiger partial charge in [-0.25, -0.2) is 8.42 Å². The summed E-state index contributed by atoms with van der Waals surface area (Å²) in [6, 6.07) is 5.66. The Bertz CT molecular complexity index is 777. The second kappa shape index (κ2) is 5.24. The molecule has 1 aromatic heterocycles. The molecule has 6 heteroatoms. The maximum atomic E-state index is 12.6. The van der Waals surface area contributed by atoms with Gasteiger partial charge in [0.1, 0.15) is 5.25 Å². The van der Waals surface area contributed by atoms with E-state index in [1.807, 2.05) is 18.2 Å². The van der Waals surface area contributed by atoms with E-state index in [9.17, 15) is 13.2 Å². The number of rotatable bonds is 2. The Hall–Kier alpha value is -0.720. The molecule has 3 nitrogen and oxygen atoms in total. The molecule has 0 saturated carbocycles. The van der Waals surface area contributed by atoms with E-state index in [2.05, 4.69) is 15.9 Å². The van der Waals surface area contributed by atoms with Gasteiger partial charge in [0.05, 0.1) is 5.75 Å². The third kappa shape index (κ3) is 2.34. The molecule has 0 aliphatic carbocycles. The van der Waals surface area contributed by atoms with Crippen LogP contribution in [0.3, 0.4) is 0 Å². The Kier molecular flexibility index (Phi) is 3.73. The molecule has 1 aliphatic rings. The number of hydrogen-bond acceptors (Lipinski definition) is 4. The second-order valence-corrected chi connectivity index (χ2v) is 9.02. The Balaban J connectivity index is 2.07. The highest BCUT2D eigenvalue weighted by atomic mass is 79.9. The van der Waals surface area contributed by atoms with Gasteiger partial charge in [-0.1, -0.05) is 18.6 Å². The molecular weight excluding hydrogens is 360 g/mol. The topological polar surface area (TPSA) is 51.2 Å². The first-order valence-corrected chi connectivity index (χ1v) is 9.81. The average Bonchev–Trinajstić information content (AvgIpc) is 2.83. The van der Waals surface area contributed by atoms with Crippen LogP contribution in [0.15, 0.2) is 28.1 Å². The molecule has 2 aromatic rings. The summed E-state index contributed by atoms with van der Waals surface area (Å²) in [7, 11) is -3.28. The van der Waals surface area contributed by atoms with Crippen LogP contribution in [0, 0.1) is 0 Å². The molecule has 1 atom stereocenters. The van der Waals surface area contributed by atoms with E-state index >= 15 is 0 Å². The van der Waals surface area contributed by atoms with Gasteiger partial charge in [-0.15, -0.1) is 11.3 Å². The van der Waals surface area contributed by atoms with Crippen molar-refractivity contribution >= 4 is 53.0 Å². The van der Waals surface area contributed by atoms with Crippen molar-refractivity contribution in [2.45, 2.75) is 24.5 Å². The van der Waals surface area contributed by atoms with Crippen molar-refractivity contribution in [3.8, 4) is 0 Å². The summed E-state index contributed by atoms with van der Waals surface area (Å²) in [5, 5.41) is 1.77. The summed E-state index contributed by atoms with van der Waals surface area (Å²) < 4.78 is 26.1. The molecule has 2 heterocycles. The van der Waals surface area contributed by atoms with Crippen molar-refractivity contribution in [2.75, 3.05) is 5.75 Å². The molecule has 1 aliphatic heterocycles. The monoisotopic (exact) mass is 372 g/mol. The highest BCUT2D eigenvalue weighted by Gasteiger charge is 2.36. The van der Waals surface area contributed by atoms with Crippen LogP contribution in [0.2, 0.25) is 0 Å². The predicted molar refractivity (Wildman–Crippen MR) is 85.3 cm³/mol. The van der Waals surface area contributed by atoms with Gasteiger partial charge in [0.15, 0.2) is 15.6 Å². The second-order valence-electron chi connectivity index (χ2n) is 4.98. The van der Waals surface area contributed by atoms with Gasteiger partial charge < -0.3 is 0 Å². The van der Waals surface area contributed by atoms with Crippen molar-refractivity contribution in [3.05, 3.63) is 33.6 Å². The molecule has 0 amide bonds. The van der Waals surface area contributed by atoms with Gasteiger partial charge in [0.2, 0.25) is 0 Å². The number of thiophene rings is 1. The zero-order valence-electron chi connectivity index (χ0n) is 10.6. The van der Waals surface area contributed by atoms with Gasteiger partial charge >= 0.3 is 0 Å². The first-order chi connectivity index (χ1) is 9.50. The highest BCUT2D eigenvalue weighted by molar-refractivity contribution is 9.10. The van der Waals surface area contributed by atoms with Crippen LogP contribution >= 0.6 is 27.3 Å². The zero-order valence-corrected chi connectivity index (χ0v) is 13.9. The van der Waals surface area contributed by atoms with Gasteiger partial charge in [-0.3, -0.25) is 4.79 Å². The summed E-state index contributed by atoms with van der Waals surface area (Å²) in [5.74, 6) is -0.108. The van der Waals surface area contributed by atoms with Gasteiger partial charge in [-0.05, 0) is 34.8 Å². The number of carbonyl (C=O) groups excluding carboxylic acids is 1. The molecule has 1 fully saturated rings. The maximum absolute atomic E-state index is 12.6. The molecule has 0 radical (unpaired) electrons. The van der Waals surface area contributed by atoms with E-state index in [1.165, 1.54) is 11.3 Å². The summed E-state index contributed by atoms with van der Waals surface area (Å²) in [6.07, 6.45) is 1.93. The number of carbonyl (C=O) groups is 1. The molecule has 0 bridgehead atoms. The summed E-state index contributed by atoms with van der Waals surface area (Å²) in [4.78, 5) is 12.6. The lowest BCUT2D eigenvalue weighted by atomic mass is 10.0. The molecule has 3 rings (SSSR count). The number of Topliss-reactive ketones (excluding diaryl/α,β-unsaturated/α-hetero) is 1. The SMILES string of the molecule is O=C(c1csc2c(Br)cccc12)C1CCCCS1(=O)=O. The van der Waals surface area contributed by atoms with Crippen LogP contribution in [0.4, 0.5) is 0 Å². The molecule has 20 heavy (non-hydrogen) atoms. The first kappa shape index (κ1) is 14.2. The van der Waals surface area contributed by atoms with Gasteiger partial charge in [0.25, 0.3) is 0 Å². The molecule has 106 valence electrons. The fourth-order valence-corrected chi connectivity index (χ4v) is 6.12. The van der Waals surface area contributed by atoms with Gasteiger partial charge in [0, 0.05) is 25.5 Å². The summed E-state index contributed by atoms with van der Waals surface area (Å²) in [6.45, 7) is 0. The number of sulfone groups is 1. The minimum Gasteiger partial charge on any atom is -0.293 e. The van der Waals surface area contributed by atoms with Crippen LogP contribution < -0.4 is 0 Å². The van der Waals surface area contributed by atoms with Gasteiger partial charge in [-0.2, -0.15) is 0 Å². The minimum atomic E-state index is -3.28. The van der Waals surface area contributed by atoms with Crippen molar-refractivity contribution < 1.29 is 13.2 Å². The molecule has 0 spiro atoms.